The molecule has 4 heteroatoms. The Labute approximate surface area is 104 Å². The Hall–Kier alpha value is -0.200. The summed E-state index contributed by atoms with van der Waals surface area (Å²) in [6.45, 7) is 2.82. The van der Waals surface area contributed by atoms with E-state index in [4.69, 9.17) is 0 Å². The van der Waals surface area contributed by atoms with Gasteiger partial charge in [-0.3, -0.25) is 0 Å². The summed E-state index contributed by atoms with van der Waals surface area (Å²) in [5, 5.41) is 3.10. The first-order chi connectivity index (χ1) is 7.13. The molecule has 0 fully saturated rings. The topological polar surface area (TPSA) is 15.3 Å². The van der Waals surface area contributed by atoms with Crippen LogP contribution in [-0.4, -0.2) is 32.1 Å². The Morgan fingerprint density at radius 2 is 2.20 bits per heavy atom. The van der Waals surface area contributed by atoms with E-state index in [9.17, 15) is 4.39 Å². The van der Waals surface area contributed by atoms with Crippen LogP contribution in [0.1, 0.15) is 5.56 Å². The monoisotopic (exact) mass is 322 g/mol. The minimum Gasteiger partial charge on any atom is -0.318 e. The number of benzene rings is 1. The van der Waals surface area contributed by atoms with Crippen LogP contribution in [-0.2, 0) is 6.54 Å². The maximum Gasteiger partial charge on any atom is 0.124 e. The van der Waals surface area contributed by atoms with Crippen LogP contribution in [0.15, 0.2) is 18.2 Å². The normalized spacial score (nSPS) is 11.0. The van der Waals surface area contributed by atoms with E-state index in [0.29, 0.717) is 0 Å². The summed E-state index contributed by atoms with van der Waals surface area (Å²) < 4.78 is 13.8. The van der Waals surface area contributed by atoms with Gasteiger partial charge in [0.2, 0.25) is 0 Å². The highest BCUT2D eigenvalue weighted by atomic mass is 127. The summed E-state index contributed by atoms with van der Waals surface area (Å²) in [7, 11) is 4.01. The molecule has 84 valence electrons. The van der Waals surface area contributed by atoms with Crippen molar-refractivity contribution in [1.82, 2.24) is 10.2 Å². The van der Waals surface area contributed by atoms with Gasteiger partial charge < -0.3 is 10.2 Å². The summed E-state index contributed by atoms with van der Waals surface area (Å²) >= 11 is 2.17. The van der Waals surface area contributed by atoms with Gasteiger partial charge in [0.15, 0.2) is 0 Å². The molecular weight excluding hydrogens is 306 g/mol. The fourth-order valence-corrected chi connectivity index (χ4v) is 1.97. The largest absolute Gasteiger partial charge is 0.318 e. The number of hydrogen-bond donors (Lipinski definition) is 1. The van der Waals surface area contributed by atoms with Gasteiger partial charge in [-0.2, -0.15) is 0 Å². The molecule has 0 aliphatic rings. The predicted molar refractivity (Wildman–Crippen MR) is 69.4 cm³/mol. The molecule has 1 aromatic rings. The highest BCUT2D eigenvalue weighted by molar-refractivity contribution is 14.1. The number of hydrogen-bond acceptors (Lipinski definition) is 2. The summed E-state index contributed by atoms with van der Waals surface area (Å²) in [5.41, 5.74) is 1.18. The molecule has 2 nitrogen and oxygen atoms in total. The highest BCUT2D eigenvalue weighted by Gasteiger charge is 2.04. The van der Waals surface area contributed by atoms with E-state index in [1.165, 1.54) is 11.6 Å². The molecule has 0 atom stereocenters. The Bertz CT molecular complexity index is 317. The quantitative estimate of drug-likeness (QED) is 0.835. The molecule has 0 spiro atoms. The Morgan fingerprint density at radius 3 is 2.80 bits per heavy atom. The lowest BCUT2D eigenvalue weighted by Gasteiger charge is -2.17. The van der Waals surface area contributed by atoms with Gasteiger partial charge in [0.05, 0.1) is 0 Å². The molecule has 0 aliphatic carbocycles. The van der Waals surface area contributed by atoms with Crippen molar-refractivity contribution in [2.24, 2.45) is 0 Å². The second-order valence-electron chi connectivity index (χ2n) is 3.58. The van der Waals surface area contributed by atoms with Crippen LogP contribution in [0.4, 0.5) is 4.39 Å². The zero-order valence-corrected chi connectivity index (χ0v) is 11.2. The van der Waals surface area contributed by atoms with Gasteiger partial charge >= 0.3 is 0 Å². The summed E-state index contributed by atoms with van der Waals surface area (Å²) in [6.07, 6.45) is 0. The summed E-state index contributed by atoms with van der Waals surface area (Å²) in [4.78, 5) is 2.21. The van der Waals surface area contributed by atoms with Gasteiger partial charge in [-0.25, -0.2) is 4.39 Å². The number of nitrogens with one attached hydrogen (secondary N) is 1. The van der Waals surface area contributed by atoms with Crippen molar-refractivity contribution in [3.63, 3.8) is 0 Å². The van der Waals surface area contributed by atoms with Gasteiger partial charge in [-0.15, -0.1) is 0 Å². The minimum atomic E-state index is -0.166. The average molecular weight is 322 g/mol. The zero-order chi connectivity index (χ0) is 11.3. The van der Waals surface area contributed by atoms with Crippen LogP contribution in [0.2, 0.25) is 0 Å². The predicted octanol–water partition coefficient (Wildman–Crippen LogP) is 2.08. The maximum atomic E-state index is 12.9. The molecule has 0 aliphatic heterocycles. The first-order valence-electron chi connectivity index (χ1n) is 4.90. The lowest BCUT2D eigenvalue weighted by atomic mass is 10.2. The molecule has 0 saturated carbocycles. The van der Waals surface area contributed by atoms with E-state index in [-0.39, 0.29) is 5.82 Å². The third-order valence-corrected chi connectivity index (χ3v) is 3.20. The molecular formula is C11H16FIN2. The van der Waals surface area contributed by atoms with E-state index in [2.05, 4.69) is 39.9 Å². The molecule has 1 rings (SSSR count). The molecule has 1 aromatic carbocycles. The van der Waals surface area contributed by atoms with Crippen LogP contribution in [0.3, 0.4) is 0 Å². The van der Waals surface area contributed by atoms with Crippen LogP contribution in [0.25, 0.3) is 0 Å². The van der Waals surface area contributed by atoms with Crippen LogP contribution < -0.4 is 5.32 Å². The number of likely N-dealkylation sites (N-methyl/N-ethyl adjacent to an activating group) is 2. The average Bonchev–Trinajstić information content (AvgIpc) is 2.19. The van der Waals surface area contributed by atoms with Crippen LogP contribution >= 0.6 is 22.6 Å². The first-order valence-corrected chi connectivity index (χ1v) is 5.98. The van der Waals surface area contributed by atoms with Crippen molar-refractivity contribution in [2.75, 3.05) is 27.2 Å². The lowest BCUT2D eigenvalue weighted by Crippen LogP contribution is -2.27. The zero-order valence-electron chi connectivity index (χ0n) is 9.06. The Balaban J connectivity index is 2.56. The third-order valence-electron chi connectivity index (χ3n) is 2.20. The number of rotatable bonds is 5. The van der Waals surface area contributed by atoms with Crippen LogP contribution in [0, 0.1) is 9.39 Å². The summed E-state index contributed by atoms with van der Waals surface area (Å²) in [6, 6.07) is 4.94. The fraction of sp³-hybridized carbons (Fsp3) is 0.455. The highest BCUT2D eigenvalue weighted by Crippen LogP contribution is 2.15. The van der Waals surface area contributed by atoms with E-state index >= 15 is 0 Å². The van der Waals surface area contributed by atoms with Crippen LogP contribution in [0.5, 0.6) is 0 Å². The van der Waals surface area contributed by atoms with Crippen molar-refractivity contribution in [2.45, 2.75) is 6.54 Å². The fourth-order valence-electron chi connectivity index (χ4n) is 1.32. The molecule has 0 unspecified atom stereocenters. The van der Waals surface area contributed by atoms with Gasteiger partial charge in [0.1, 0.15) is 5.82 Å². The summed E-state index contributed by atoms with van der Waals surface area (Å²) in [5.74, 6) is -0.166. The van der Waals surface area contributed by atoms with Crippen molar-refractivity contribution in [3.05, 3.63) is 33.1 Å². The molecule has 15 heavy (non-hydrogen) atoms. The molecule has 0 heterocycles. The van der Waals surface area contributed by atoms with Gasteiger partial charge in [-0.1, -0.05) is 6.07 Å². The molecule has 0 saturated heterocycles. The van der Waals surface area contributed by atoms with Gasteiger partial charge in [0, 0.05) is 23.2 Å². The Morgan fingerprint density at radius 1 is 1.47 bits per heavy atom. The number of nitrogens with zero attached hydrogens (tertiary/aromatic N) is 1. The number of halogens is 2. The van der Waals surface area contributed by atoms with E-state index in [0.717, 1.165) is 23.2 Å². The van der Waals surface area contributed by atoms with Gasteiger partial charge in [0.25, 0.3) is 0 Å². The third kappa shape index (κ3) is 4.44. The second-order valence-corrected chi connectivity index (χ2v) is 4.74. The van der Waals surface area contributed by atoms with E-state index in [1.807, 2.05) is 13.1 Å². The van der Waals surface area contributed by atoms with E-state index < -0.39 is 0 Å². The van der Waals surface area contributed by atoms with Gasteiger partial charge in [-0.05, 0) is 54.4 Å². The smallest absolute Gasteiger partial charge is 0.124 e. The maximum absolute atomic E-state index is 12.9. The van der Waals surface area contributed by atoms with E-state index in [1.54, 1.807) is 6.07 Å². The second kappa shape index (κ2) is 6.40. The SMILES string of the molecule is CNCCN(C)Cc1ccc(F)cc1I. The van der Waals surface area contributed by atoms with Crippen molar-refractivity contribution in [3.8, 4) is 0 Å². The molecule has 0 amide bonds. The van der Waals surface area contributed by atoms with Crippen molar-refractivity contribution < 1.29 is 4.39 Å². The Kier molecular flexibility index (Phi) is 5.49. The van der Waals surface area contributed by atoms with Crippen molar-refractivity contribution in [1.29, 1.82) is 0 Å². The molecule has 0 bridgehead atoms. The molecule has 0 radical (unpaired) electrons. The molecule has 0 aromatic heterocycles. The minimum absolute atomic E-state index is 0.166. The standard InChI is InChI=1S/C11H16FIN2/c1-14-5-6-15(2)8-9-3-4-10(12)7-11(9)13/h3-4,7,14H,5-6,8H2,1-2H3. The lowest BCUT2D eigenvalue weighted by molar-refractivity contribution is 0.327. The van der Waals surface area contributed by atoms with Crippen molar-refractivity contribution >= 4 is 22.6 Å². The molecule has 1 N–H and O–H groups in total. The first kappa shape index (κ1) is 12.9.